The minimum absolute atomic E-state index is 0.104. The molecule has 0 aromatic rings. The van der Waals surface area contributed by atoms with Gasteiger partial charge < -0.3 is 10.6 Å². The van der Waals surface area contributed by atoms with Crippen LogP contribution in [0.25, 0.3) is 0 Å². The molecule has 2 N–H and O–H groups in total. The van der Waals surface area contributed by atoms with Gasteiger partial charge in [-0.2, -0.15) is 0 Å². The number of amides is 2. The summed E-state index contributed by atoms with van der Waals surface area (Å²) < 4.78 is 0. The first kappa shape index (κ1) is 13.0. The van der Waals surface area contributed by atoms with Crippen LogP contribution < -0.4 is 10.6 Å². The molecule has 0 aromatic carbocycles. The van der Waals surface area contributed by atoms with Gasteiger partial charge in [-0.25, -0.2) is 0 Å². The molecule has 1 aliphatic rings. The smallest absolute Gasteiger partial charge is 0.219 e. The summed E-state index contributed by atoms with van der Waals surface area (Å²) in [7, 11) is 0. The van der Waals surface area contributed by atoms with Gasteiger partial charge in [0, 0.05) is 24.9 Å². The molecule has 0 unspecified atom stereocenters. The maximum atomic E-state index is 11.3. The number of carbonyl (C=O) groups excluding carboxylic acids is 2. The molecule has 0 aromatic heterocycles. The maximum absolute atomic E-state index is 11.3. The lowest BCUT2D eigenvalue weighted by atomic mass is 9.90. The van der Waals surface area contributed by atoms with E-state index in [1.54, 1.807) is 0 Å². The normalized spacial score (nSPS) is 24.9. The standard InChI is InChI=1S/C12H22N2O2/c1-3-11(15)13-9-6-5-7-10(8-9)14-12(16)4-2/h9-10H,3-8H2,1-2H3,(H,13,15)(H,14,16)/t9-,10+. The van der Waals surface area contributed by atoms with Crippen molar-refractivity contribution in [2.75, 3.05) is 0 Å². The molecular weight excluding hydrogens is 204 g/mol. The number of hydrogen-bond donors (Lipinski definition) is 2. The van der Waals surface area contributed by atoms with E-state index in [-0.39, 0.29) is 23.9 Å². The zero-order valence-corrected chi connectivity index (χ0v) is 10.2. The molecule has 1 fully saturated rings. The third-order valence-electron chi connectivity index (χ3n) is 3.05. The summed E-state index contributed by atoms with van der Waals surface area (Å²) in [4.78, 5) is 22.5. The molecule has 1 saturated carbocycles. The molecule has 4 nitrogen and oxygen atoms in total. The second-order valence-corrected chi connectivity index (χ2v) is 4.40. The summed E-state index contributed by atoms with van der Waals surface area (Å²) in [5, 5.41) is 6.00. The van der Waals surface area contributed by atoms with Crippen molar-refractivity contribution in [3.63, 3.8) is 0 Å². The summed E-state index contributed by atoms with van der Waals surface area (Å²) in [6.45, 7) is 3.71. The Morgan fingerprint density at radius 2 is 1.44 bits per heavy atom. The van der Waals surface area contributed by atoms with E-state index in [0.29, 0.717) is 12.8 Å². The highest BCUT2D eigenvalue weighted by Crippen LogP contribution is 2.18. The van der Waals surface area contributed by atoms with Gasteiger partial charge in [-0.15, -0.1) is 0 Å². The molecule has 0 aliphatic heterocycles. The monoisotopic (exact) mass is 226 g/mol. The van der Waals surface area contributed by atoms with Gasteiger partial charge in [-0.1, -0.05) is 13.8 Å². The van der Waals surface area contributed by atoms with E-state index >= 15 is 0 Å². The number of rotatable bonds is 4. The van der Waals surface area contributed by atoms with Crippen LogP contribution in [-0.2, 0) is 9.59 Å². The molecule has 1 rings (SSSR count). The molecule has 2 amide bonds. The van der Waals surface area contributed by atoms with Crippen molar-refractivity contribution in [3.8, 4) is 0 Å². The van der Waals surface area contributed by atoms with Crippen molar-refractivity contribution in [2.24, 2.45) is 0 Å². The summed E-state index contributed by atoms with van der Waals surface area (Å²) >= 11 is 0. The summed E-state index contributed by atoms with van der Waals surface area (Å²) in [6, 6.07) is 0.478. The van der Waals surface area contributed by atoms with Crippen molar-refractivity contribution in [1.82, 2.24) is 10.6 Å². The van der Waals surface area contributed by atoms with Crippen molar-refractivity contribution in [2.45, 2.75) is 64.5 Å². The van der Waals surface area contributed by atoms with Crippen LogP contribution in [0.2, 0.25) is 0 Å². The van der Waals surface area contributed by atoms with Crippen LogP contribution in [0.4, 0.5) is 0 Å². The third-order valence-corrected chi connectivity index (χ3v) is 3.05. The Bertz CT molecular complexity index is 229. The molecule has 92 valence electrons. The molecule has 16 heavy (non-hydrogen) atoms. The Labute approximate surface area is 97.2 Å². The van der Waals surface area contributed by atoms with E-state index in [0.717, 1.165) is 25.7 Å². The highest BCUT2D eigenvalue weighted by atomic mass is 16.2. The van der Waals surface area contributed by atoms with Crippen molar-refractivity contribution in [3.05, 3.63) is 0 Å². The van der Waals surface area contributed by atoms with Crippen LogP contribution in [0, 0.1) is 0 Å². The largest absolute Gasteiger partial charge is 0.353 e. The van der Waals surface area contributed by atoms with Crippen LogP contribution in [0.5, 0.6) is 0 Å². The van der Waals surface area contributed by atoms with Gasteiger partial charge in [-0.05, 0) is 25.7 Å². The first-order valence-corrected chi connectivity index (χ1v) is 6.24. The zero-order chi connectivity index (χ0) is 12.0. The van der Waals surface area contributed by atoms with E-state index in [9.17, 15) is 9.59 Å². The lowest BCUT2D eigenvalue weighted by molar-refractivity contribution is -0.121. The Hall–Kier alpha value is -1.06. The van der Waals surface area contributed by atoms with Crippen LogP contribution in [-0.4, -0.2) is 23.9 Å². The molecule has 1 aliphatic carbocycles. The van der Waals surface area contributed by atoms with Gasteiger partial charge in [0.2, 0.25) is 11.8 Å². The number of carbonyl (C=O) groups is 2. The van der Waals surface area contributed by atoms with Gasteiger partial charge in [0.15, 0.2) is 0 Å². The lowest BCUT2D eigenvalue weighted by Gasteiger charge is -2.30. The van der Waals surface area contributed by atoms with Gasteiger partial charge in [0.25, 0.3) is 0 Å². The Morgan fingerprint density at radius 1 is 1.00 bits per heavy atom. The third kappa shape index (κ3) is 4.21. The highest BCUT2D eigenvalue weighted by molar-refractivity contribution is 5.76. The highest BCUT2D eigenvalue weighted by Gasteiger charge is 2.23. The van der Waals surface area contributed by atoms with E-state index in [1.165, 1.54) is 0 Å². The first-order chi connectivity index (χ1) is 7.65. The van der Waals surface area contributed by atoms with Gasteiger partial charge in [0.1, 0.15) is 0 Å². The van der Waals surface area contributed by atoms with E-state index in [2.05, 4.69) is 10.6 Å². The quantitative estimate of drug-likeness (QED) is 0.760. The predicted octanol–water partition coefficient (Wildman–Crippen LogP) is 1.35. The minimum atomic E-state index is 0.104. The van der Waals surface area contributed by atoms with Crippen LogP contribution in [0.15, 0.2) is 0 Å². The summed E-state index contributed by atoms with van der Waals surface area (Å²) in [5.41, 5.74) is 0. The molecule has 4 heteroatoms. The average molecular weight is 226 g/mol. The van der Waals surface area contributed by atoms with Crippen LogP contribution in [0.3, 0.4) is 0 Å². The number of hydrogen-bond acceptors (Lipinski definition) is 2. The Kier molecular flexibility index (Phi) is 5.29. The molecule has 0 spiro atoms. The van der Waals surface area contributed by atoms with Crippen molar-refractivity contribution in [1.29, 1.82) is 0 Å². The summed E-state index contributed by atoms with van der Waals surface area (Å²) in [5.74, 6) is 0.208. The lowest BCUT2D eigenvalue weighted by Crippen LogP contribution is -2.45. The molecule has 0 heterocycles. The molecule has 2 atom stereocenters. The van der Waals surface area contributed by atoms with Gasteiger partial charge >= 0.3 is 0 Å². The molecule has 0 saturated heterocycles. The Morgan fingerprint density at radius 3 is 1.81 bits per heavy atom. The maximum Gasteiger partial charge on any atom is 0.219 e. The SMILES string of the molecule is CCC(=O)N[C@@H]1CCC[C@H](NC(=O)CC)C1. The van der Waals surface area contributed by atoms with E-state index in [1.807, 2.05) is 13.8 Å². The molecule has 0 radical (unpaired) electrons. The van der Waals surface area contributed by atoms with Crippen LogP contribution in [0.1, 0.15) is 52.4 Å². The fourth-order valence-corrected chi connectivity index (χ4v) is 2.11. The molecule has 0 bridgehead atoms. The predicted molar refractivity (Wildman–Crippen MR) is 62.9 cm³/mol. The fraction of sp³-hybridized carbons (Fsp3) is 0.833. The van der Waals surface area contributed by atoms with Gasteiger partial charge in [0.05, 0.1) is 0 Å². The summed E-state index contributed by atoms with van der Waals surface area (Å²) in [6.07, 6.45) is 5.07. The van der Waals surface area contributed by atoms with Gasteiger partial charge in [-0.3, -0.25) is 9.59 Å². The molecular formula is C12H22N2O2. The van der Waals surface area contributed by atoms with E-state index < -0.39 is 0 Å². The first-order valence-electron chi connectivity index (χ1n) is 6.24. The van der Waals surface area contributed by atoms with Crippen molar-refractivity contribution < 1.29 is 9.59 Å². The Balaban J connectivity index is 2.35. The average Bonchev–Trinajstić information content (AvgIpc) is 2.29. The minimum Gasteiger partial charge on any atom is -0.353 e. The second-order valence-electron chi connectivity index (χ2n) is 4.40. The topological polar surface area (TPSA) is 58.2 Å². The number of nitrogens with one attached hydrogen (secondary N) is 2. The second kappa shape index (κ2) is 6.51. The van der Waals surface area contributed by atoms with Crippen LogP contribution >= 0.6 is 0 Å². The van der Waals surface area contributed by atoms with Crippen molar-refractivity contribution >= 4 is 11.8 Å². The van der Waals surface area contributed by atoms with E-state index in [4.69, 9.17) is 0 Å². The fourth-order valence-electron chi connectivity index (χ4n) is 2.11. The zero-order valence-electron chi connectivity index (χ0n) is 10.2.